The van der Waals surface area contributed by atoms with Gasteiger partial charge >= 0.3 is 6.18 Å². The van der Waals surface area contributed by atoms with Crippen molar-refractivity contribution in [1.29, 1.82) is 0 Å². The number of para-hydroxylation sites is 1. The van der Waals surface area contributed by atoms with Gasteiger partial charge in [0.25, 0.3) is 0 Å². The van der Waals surface area contributed by atoms with Crippen LogP contribution in [-0.4, -0.2) is 11.5 Å². The third kappa shape index (κ3) is 1.79. The molecule has 18 heavy (non-hydrogen) atoms. The Labute approximate surface area is 102 Å². The molecular formula is C13H13F3N2. The Morgan fingerprint density at radius 2 is 1.94 bits per heavy atom. The van der Waals surface area contributed by atoms with Gasteiger partial charge in [-0.2, -0.15) is 13.2 Å². The van der Waals surface area contributed by atoms with E-state index in [4.69, 9.17) is 0 Å². The van der Waals surface area contributed by atoms with Crippen LogP contribution in [-0.2, 0) is 6.18 Å². The summed E-state index contributed by atoms with van der Waals surface area (Å²) in [5.74, 6) is 0. The van der Waals surface area contributed by atoms with E-state index in [2.05, 4.69) is 10.3 Å². The van der Waals surface area contributed by atoms with Gasteiger partial charge in [-0.3, -0.25) is 0 Å². The maximum atomic E-state index is 13.2. The average molecular weight is 254 g/mol. The normalized spacial score (nSPS) is 20.7. The van der Waals surface area contributed by atoms with Gasteiger partial charge in [0.1, 0.15) is 0 Å². The molecule has 1 saturated heterocycles. The minimum atomic E-state index is -4.32. The van der Waals surface area contributed by atoms with Crippen LogP contribution in [0.4, 0.5) is 13.2 Å². The van der Waals surface area contributed by atoms with Gasteiger partial charge < -0.3 is 10.3 Å². The first-order valence-corrected chi connectivity index (χ1v) is 5.98. The van der Waals surface area contributed by atoms with Gasteiger partial charge in [0, 0.05) is 22.6 Å². The fourth-order valence-corrected chi connectivity index (χ4v) is 2.66. The van der Waals surface area contributed by atoms with Crippen LogP contribution in [0.5, 0.6) is 0 Å². The molecule has 0 spiro atoms. The van der Waals surface area contributed by atoms with E-state index < -0.39 is 11.7 Å². The Bertz CT molecular complexity index is 565. The first-order chi connectivity index (χ1) is 8.57. The Balaban J connectivity index is 2.23. The second-order valence-electron chi connectivity index (χ2n) is 4.61. The number of fused-ring (bicyclic) bond motifs is 1. The number of hydrogen-bond acceptors (Lipinski definition) is 1. The van der Waals surface area contributed by atoms with Gasteiger partial charge in [0.2, 0.25) is 0 Å². The van der Waals surface area contributed by atoms with E-state index in [1.807, 2.05) is 0 Å². The van der Waals surface area contributed by atoms with Crippen LogP contribution in [0.25, 0.3) is 10.9 Å². The number of benzene rings is 1. The lowest BCUT2D eigenvalue weighted by molar-refractivity contribution is -0.137. The molecule has 96 valence electrons. The fourth-order valence-electron chi connectivity index (χ4n) is 2.66. The van der Waals surface area contributed by atoms with Crippen molar-refractivity contribution >= 4 is 10.9 Å². The van der Waals surface area contributed by atoms with Crippen molar-refractivity contribution < 1.29 is 13.2 Å². The van der Waals surface area contributed by atoms with E-state index in [1.165, 1.54) is 6.07 Å². The minimum Gasteiger partial charge on any atom is -0.357 e. The molecule has 1 atom stereocenters. The molecule has 2 N–H and O–H groups in total. The maximum absolute atomic E-state index is 13.2. The summed E-state index contributed by atoms with van der Waals surface area (Å²) in [5.41, 5.74) is 0.312. The third-order valence-corrected chi connectivity index (χ3v) is 3.43. The van der Waals surface area contributed by atoms with Crippen LogP contribution in [0.2, 0.25) is 0 Å². The highest BCUT2D eigenvalue weighted by molar-refractivity contribution is 5.85. The average Bonchev–Trinajstić information content (AvgIpc) is 2.94. The molecule has 0 radical (unpaired) electrons. The van der Waals surface area contributed by atoms with Crippen LogP contribution in [0.15, 0.2) is 24.3 Å². The van der Waals surface area contributed by atoms with Gasteiger partial charge in [-0.05, 0) is 25.5 Å². The van der Waals surface area contributed by atoms with Crippen molar-refractivity contribution in [3.8, 4) is 0 Å². The van der Waals surface area contributed by atoms with Crippen LogP contribution in [0.1, 0.15) is 30.1 Å². The topological polar surface area (TPSA) is 27.8 Å². The van der Waals surface area contributed by atoms with Crippen molar-refractivity contribution in [2.45, 2.75) is 25.1 Å². The zero-order valence-electron chi connectivity index (χ0n) is 9.64. The molecule has 1 aliphatic rings. The second kappa shape index (κ2) is 4.02. The molecular weight excluding hydrogens is 241 g/mol. The molecule has 0 saturated carbocycles. The zero-order valence-corrected chi connectivity index (χ0v) is 9.64. The van der Waals surface area contributed by atoms with Gasteiger partial charge in [-0.1, -0.05) is 18.2 Å². The Kier molecular flexibility index (Phi) is 2.59. The molecule has 0 bridgehead atoms. The van der Waals surface area contributed by atoms with Crippen LogP contribution < -0.4 is 5.32 Å². The quantitative estimate of drug-likeness (QED) is 0.799. The highest BCUT2D eigenvalue weighted by atomic mass is 19.4. The largest absolute Gasteiger partial charge is 0.418 e. The third-order valence-electron chi connectivity index (χ3n) is 3.43. The zero-order chi connectivity index (χ0) is 12.8. The first-order valence-electron chi connectivity index (χ1n) is 5.98. The summed E-state index contributed by atoms with van der Waals surface area (Å²) in [6.45, 7) is 0.775. The summed E-state index contributed by atoms with van der Waals surface area (Å²) in [6.07, 6.45) is -2.66. The Morgan fingerprint density at radius 3 is 2.61 bits per heavy atom. The molecule has 1 unspecified atom stereocenters. The van der Waals surface area contributed by atoms with Crippen molar-refractivity contribution in [2.24, 2.45) is 0 Å². The predicted octanol–water partition coefficient (Wildman–Crippen LogP) is 3.61. The Morgan fingerprint density at radius 1 is 1.17 bits per heavy atom. The lowest BCUT2D eigenvalue weighted by Gasteiger charge is -2.14. The van der Waals surface area contributed by atoms with Gasteiger partial charge in [-0.25, -0.2) is 0 Å². The maximum Gasteiger partial charge on any atom is 0.418 e. The number of H-pyrrole nitrogens is 1. The second-order valence-corrected chi connectivity index (χ2v) is 4.61. The van der Waals surface area contributed by atoms with Gasteiger partial charge in [0.15, 0.2) is 0 Å². The number of halogens is 3. The summed E-state index contributed by atoms with van der Waals surface area (Å²) in [5, 5.41) is 3.37. The number of alkyl halides is 3. The smallest absolute Gasteiger partial charge is 0.357 e. The molecule has 1 aliphatic heterocycles. The van der Waals surface area contributed by atoms with Crippen LogP contribution >= 0.6 is 0 Å². The molecule has 2 heterocycles. The molecule has 0 amide bonds. The monoisotopic (exact) mass is 254 g/mol. The van der Waals surface area contributed by atoms with E-state index in [-0.39, 0.29) is 17.1 Å². The van der Waals surface area contributed by atoms with E-state index >= 15 is 0 Å². The standard InChI is InChI=1S/C13H13F3N2/c14-13(15,16)11-8-4-1-2-5-9(8)18-12(11)10-6-3-7-17-10/h1-2,4-5,10,17-18H,3,6-7H2. The van der Waals surface area contributed by atoms with Crippen molar-refractivity contribution in [3.63, 3.8) is 0 Å². The van der Waals surface area contributed by atoms with E-state index in [0.29, 0.717) is 5.52 Å². The number of rotatable bonds is 1. The van der Waals surface area contributed by atoms with Crippen LogP contribution in [0.3, 0.4) is 0 Å². The SMILES string of the molecule is FC(F)(F)c1c(C2CCCN2)[nH]c2ccccc12. The number of aromatic amines is 1. The summed E-state index contributed by atoms with van der Waals surface area (Å²) < 4.78 is 39.7. The first kappa shape index (κ1) is 11.6. The lowest BCUT2D eigenvalue weighted by atomic mass is 10.0. The molecule has 0 aliphatic carbocycles. The Hall–Kier alpha value is -1.49. The summed E-state index contributed by atoms with van der Waals surface area (Å²) in [4.78, 5) is 2.93. The van der Waals surface area contributed by atoms with Gasteiger partial charge in [0.05, 0.1) is 5.56 Å². The molecule has 1 aromatic heterocycles. The highest BCUT2D eigenvalue weighted by Gasteiger charge is 2.39. The fraction of sp³-hybridized carbons (Fsp3) is 0.385. The van der Waals surface area contributed by atoms with Crippen molar-refractivity contribution in [1.82, 2.24) is 10.3 Å². The summed E-state index contributed by atoms with van der Waals surface area (Å²) in [7, 11) is 0. The number of aromatic nitrogens is 1. The molecule has 2 aromatic rings. The van der Waals surface area contributed by atoms with Gasteiger partial charge in [-0.15, -0.1) is 0 Å². The summed E-state index contributed by atoms with van der Waals surface area (Å²) >= 11 is 0. The molecule has 1 aromatic carbocycles. The number of nitrogens with one attached hydrogen (secondary N) is 2. The molecule has 1 fully saturated rings. The number of hydrogen-bond donors (Lipinski definition) is 2. The lowest BCUT2D eigenvalue weighted by Crippen LogP contribution is -2.18. The van der Waals surface area contributed by atoms with Crippen LogP contribution in [0, 0.1) is 0 Å². The predicted molar refractivity (Wildman–Crippen MR) is 63.3 cm³/mol. The van der Waals surface area contributed by atoms with E-state index in [9.17, 15) is 13.2 Å². The highest BCUT2D eigenvalue weighted by Crippen LogP contribution is 2.41. The van der Waals surface area contributed by atoms with E-state index in [1.54, 1.807) is 18.2 Å². The molecule has 3 rings (SSSR count). The van der Waals surface area contributed by atoms with Crippen molar-refractivity contribution in [2.75, 3.05) is 6.54 Å². The summed E-state index contributed by atoms with van der Waals surface area (Å²) in [6, 6.07) is 6.37. The minimum absolute atomic E-state index is 0.214. The molecule has 2 nitrogen and oxygen atoms in total. The molecule has 5 heteroatoms. The van der Waals surface area contributed by atoms with E-state index in [0.717, 1.165) is 19.4 Å². The van der Waals surface area contributed by atoms with Crippen molar-refractivity contribution in [3.05, 3.63) is 35.5 Å².